The average Bonchev–Trinajstić information content (AvgIpc) is 3.50. The predicted molar refractivity (Wildman–Crippen MR) is 136 cm³/mol. The molecule has 34 heavy (non-hydrogen) atoms. The lowest BCUT2D eigenvalue weighted by Crippen LogP contribution is -2.40. The van der Waals surface area contributed by atoms with Crippen LogP contribution in [0.15, 0.2) is 28.8 Å². The number of aryl methyl sites for hydroxylation is 1. The maximum absolute atomic E-state index is 13.0. The number of hydrogen-bond acceptors (Lipinski definition) is 5. The third kappa shape index (κ3) is 5.67. The van der Waals surface area contributed by atoms with Crippen molar-refractivity contribution in [2.75, 3.05) is 7.05 Å². The SMILES string of the molecule is Cc1noc(-c2ccc(O[C@H]3CCC[C@H](C(=O)O)C3)cc2)c1CN(I)C(=O)N(C)C1CCCC1. The Morgan fingerprint density at radius 2 is 1.85 bits per heavy atom. The van der Waals surface area contributed by atoms with Crippen LogP contribution in [0.5, 0.6) is 5.75 Å². The Bertz CT molecular complexity index is 1000. The predicted octanol–water partition coefficient (Wildman–Crippen LogP) is 5.82. The van der Waals surface area contributed by atoms with Crippen LogP contribution < -0.4 is 4.74 Å². The summed E-state index contributed by atoms with van der Waals surface area (Å²) < 4.78 is 13.4. The fourth-order valence-corrected chi connectivity index (χ4v) is 5.66. The highest BCUT2D eigenvalue weighted by Crippen LogP contribution is 2.32. The summed E-state index contributed by atoms with van der Waals surface area (Å²) in [6.07, 6.45) is 7.39. The highest BCUT2D eigenvalue weighted by molar-refractivity contribution is 14.1. The van der Waals surface area contributed by atoms with E-state index in [1.165, 1.54) is 12.8 Å². The third-order valence-corrected chi connectivity index (χ3v) is 7.81. The molecular weight excluding hydrogens is 549 g/mol. The number of amides is 2. The average molecular weight is 581 g/mol. The second-order valence-electron chi connectivity index (χ2n) is 9.39. The lowest BCUT2D eigenvalue weighted by atomic mass is 9.87. The Kier molecular flexibility index (Phi) is 8.00. The zero-order valence-electron chi connectivity index (χ0n) is 19.7. The number of halogens is 1. The van der Waals surface area contributed by atoms with Crippen LogP contribution in [0.25, 0.3) is 11.3 Å². The summed E-state index contributed by atoms with van der Waals surface area (Å²) in [4.78, 5) is 26.1. The van der Waals surface area contributed by atoms with Crippen molar-refractivity contribution in [3.05, 3.63) is 35.5 Å². The molecule has 2 amide bonds. The molecule has 1 heterocycles. The molecule has 2 saturated carbocycles. The number of urea groups is 1. The molecule has 1 N–H and O–H groups in total. The summed E-state index contributed by atoms with van der Waals surface area (Å²) in [5.41, 5.74) is 2.50. The number of benzene rings is 1. The summed E-state index contributed by atoms with van der Waals surface area (Å²) >= 11 is 2.08. The molecule has 0 spiro atoms. The zero-order chi connectivity index (χ0) is 24.2. The first-order chi connectivity index (χ1) is 16.3. The van der Waals surface area contributed by atoms with Gasteiger partial charge in [0, 0.05) is 24.2 Å². The van der Waals surface area contributed by atoms with E-state index in [2.05, 4.69) is 28.0 Å². The van der Waals surface area contributed by atoms with E-state index in [1.54, 1.807) is 3.11 Å². The van der Waals surface area contributed by atoms with E-state index in [9.17, 15) is 14.7 Å². The summed E-state index contributed by atoms with van der Waals surface area (Å²) in [6, 6.07) is 7.90. The minimum Gasteiger partial charge on any atom is -0.490 e. The molecule has 1 aromatic carbocycles. The molecule has 1 aromatic heterocycles. The van der Waals surface area contributed by atoms with Crippen molar-refractivity contribution in [2.45, 2.75) is 77.0 Å². The number of hydrogen-bond donors (Lipinski definition) is 1. The number of rotatable bonds is 7. The lowest BCUT2D eigenvalue weighted by molar-refractivity contribution is -0.143. The molecule has 0 radical (unpaired) electrons. The lowest BCUT2D eigenvalue weighted by Gasteiger charge is -2.28. The monoisotopic (exact) mass is 581 g/mol. The Labute approximate surface area is 214 Å². The van der Waals surface area contributed by atoms with Gasteiger partial charge in [0.25, 0.3) is 0 Å². The van der Waals surface area contributed by atoms with E-state index in [1.807, 2.05) is 43.1 Å². The van der Waals surface area contributed by atoms with Gasteiger partial charge in [-0.05, 0) is 69.7 Å². The van der Waals surface area contributed by atoms with E-state index in [4.69, 9.17) is 9.26 Å². The smallest absolute Gasteiger partial charge is 0.329 e. The highest BCUT2D eigenvalue weighted by Gasteiger charge is 2.29. The summed E-state index contributed by atoms with van der Waals surface area (Å²) in [6.45, 7) is 2.29. The van der Waals surface area contributed by atoms with Crippen LogP contribution in [-0.4, -0.2) is 49.5 Å². The van der Waals surface area contributed by atoms with E-state index < -0.39 is 5.97 Å². The minimum atomic E-state index is -0.742. The second kappa shape index (κ2) is 11.0. The van der Waals surface area contributed by atoms with Gasteiger partial charge in [0.2, 0.25) is 0 Å². The van der Waals surface area contributed by atoms with Gasteiger partial charge in [-0.2, -0.15) is 0 Å². The van der Waals surface area contributed by atoms with E-state index in [0.717, 1.165) is 42.5 Å². The standard InChI is InChI=1S/C25H32IN3O5/c1-16-22(15-29(26)25(32)28(2)19-7-3-4-8-19)23(34-27-16)17-10-12-20(13-11-17)33-21-9-5-6-18(14-21)24(30)31/h10-13,18-19,21H,3-9,14-15H2,1-2H3,(H,30,31)/t18-,21-/m0/s1. The Balaban J connectivity index is 1.42. The molecule has 2 aliphatic carbocycles. The van der Waals surface area contributed by atoms with Gasteiger partial charge in [-0.3, -0.25) is 7.91 Å². The fraction of sp³-hybridized carbons (Fsp3) is 0.560. The largest absolute Gasteiger partial charge is 0.490 e. The first kappa shape index (κ1) is 24.8. The van der Waals surface area contributed by atoms with Gasteiger partial charge < -0.3 is 19.3 Å². The number of carboxylic acids is 1. The molecule has 4 rings (SSSR count). The molecule has 0 aliphatic heterocycles. The number of carboxylic acid groups (broad SMARTS) is 1. The van der Waals surface area contributed by atoms with Crippen molar-refractivity contribution in [1.29, 1.82) is 0 Å². The van der Waals surface area contributed by atoms with Gasteiger partial charge in [0.15, 0.2) is 5.76 Å². The van der Waals surface area contributed by atoms with E-state index >= 15 is 0 Å². The van der Waals surface area contributed by atoms with Crippen molar-refractivity contribution >= 4 is 34.9 Å². The fourth-order valence-electron chi connectivity index (χ4n) is 4.98. The van der Waals surface area contributed by atoms with Crippen molar-refractivity contribution in [3.63, 3.8) is 0 Å². The Morgan fingerprint density at radius 1 is 1.15 bits per heavy atom. The zero-order valence-corrected chi connectivity index (χ0v) is 21.9. The van der Waals surface area contributed by atoms with Gasteiger partial charge in [0.1, 0.15) is 5.75 Å². The summed E-state index contributed by atoms with van der Waals surface area (Å²) in [5, 5.41) is 13.4. The van der Waals surface area contributed by atoms with Gasteiger partial charge in [-0.25, -0.2) is 4.79 Å². The Morgan fingerprint density at radius 3 is 2.53 bits per heavy atom. The van der Waals surface area contributed by atoms with E-state index in [0.29, 0.717) is 36.9 Å². The van der Waals surface area contributed by atoms with Crippen molar-refractivity contribution in [2.24, 2.45) is 5.92 Å². The summed E-state index contributed by atoms with van der Waals surface area (Å²) in [5.74, 6) is 0.283. The molecule has 0 bridgehead atoms. The maximum Gasteiger partial charge on any atom is 0.329 e. The molecule has 0 saturated heterocycles. The summed E-state index contributed by atoms with van der Waals surface area (Å²) in [7, 11) is 1.88. The Hall–Kier alpha value is -2.30. The molecule has 2 atom stereocenters. The molecule has 2 aliphatic rings. The molecule has 2 aromatic rings. The number of ether oxygens (including phenoxy) is 1. The number of carbonyl (C=O) groups is 2. The van der Waals surface area contributed by atoms with Crippen LogP contribution in [0.2, 0.25) is 0 Å². The second-order valence-corrected chi connectivity index (χ2v) is 10.6. The molecule has 9 heteroatoms. The van der Waals surface area contributed by atoms with Crippen molar-refractivity contribution in [3.8, 4) is 17.1 Å². The third-order valence-electron chi connectivity index (χ3n) is 7.06. The molecule has 8 nitrogen and oxygen atoms in total. The van der Waals surface area contributed by atoms with Gasteiger partial charge >= 0.3 is 12.0 Å². The van der Waals surface area contributed by atoms with Crippen LogP contribution in [0.3, 0.4) is 0 Å². The topological polar surface area (TPSA) is 96.1 Å². The van der Waals surface area contributed by atoms with E-state index in [-0.39, 0.29) is 18.1 Å². The number of nitrogens with zero attached hydrogens (tertiary/aromatic N) is 3. The van der Waals surface area contributed by atoms with Crippen LogP contribution in [0.4, 0.5) is 4.79 Å². The quantitative estimate of drug-likeness (QED) is 0.327. The van der Waals surface area contributed by atoms with Crippen LogP contribution in [0.1, 0.15) is 62.6 Å². The normalized spacial score (nSPS) is 20.8. The van der Waals surface area contributed by atoms with Crippen molar-refractivity contribution < 1.29 is 24.0 Å². The van der Waals surface area contributed by atoms with Crippen LogP contribution in [-0.2, 0) is 11.3 Å². The van der Waals surface area contributed by atoms with Gasteiger partial charge in [-0.15, -0.1) is 0 Å². The molecule has 0 unspecified atom stereocenters. The van der Waals surface area contributed by atoms with Gasteiger partial charge in [0.05, 0.1) is 47.1 Å². The first-order valence-electron chi connectivity index (χ1n) is 12.0. The molecular formula is C25H32IN3O5. The minimum absolute atomic E-state index is 0.00468. The number of carbonyl (C=O) groups excluding carboxylic acids is 1. The molecule has 184 valence electrons. The van der Waals surface area contributed by atoms with Crippen LogP contribution >= 0.6 is 22.9 Å². The number of aromatic nitrogens is 1. The maximum atomic E-state index is 13.0. The van der Waals surface area contributed by atoms with Crippen LogP contribution in [0, 0.1) is 12.8 Å². The number of aliphatic carboxylic acids is 1. The van der Waals surface area contributed by atoms with Gasteiger partial charge in [-0.1, -0.05) is 18.0 Å². The van der Waals surface area contributed by atoms with Crippen molar-refractivity contribution in [1.82, 2.24) is 13.2 Å². The first-order valence-corrected chi connectivity index (χ1v) is 12.9. The molecule has 2 fully saturated rings. The highest BCUT2D eigenvalue weighted by atomic mass is 127.